The smallest absolute Gasteiger partial charge is 0.0587 e. The molecule has 2 nitrogen and oxygen atoms in total. The van der Waals surface area contributed by atoms with Gasteiger partial charge in [-0.1, -0.05) is 13.8 Å². The quantitative estimate of drug-likeness (QED) is 0.494. The zero-order valence-electron chi connectivity index (χ0n) is 8.32. The number of alkyl halides is 1. The van der Waals surface area contributed by atoms with Crippen molar-refractivity contribution in [3.8, 4) is 0 Å². The summed E-state index contributed by atoms with van der Waals surface area (Å²) in [5.74, 6) is 0.670. The molecule has 3 heteroatoms. The molecule has 0 unspecified atom stereocenters. The molecule has 0 aliphatic carbocycles. The number of methoxy groups -OCH3 is 1. The molecule has 0 rings (SSSR count). The van der Waals surface area contributed by atoms with E-state index in [2.05, 4.69) is 19.2 Å². The molecular weight excluding hydrogens is 174 g/mol. The van der Waals surface area contributed by atoms with Gasteiger partial charge in [-0.05, 0) is 12.8 Å². The topological polar surface area (TPSA) is 21.3 Å². The second-order valence-electron chi connectivity index (χ2n) is 3.04. The first-order valence-corrected chi connectivity index (χ1v) is 5.08. The Kier molecular flexibility index (Phi) is 6.81. The molecule has 0 aromatic carbocycles. The third-order valence-electron chi connectivity index (χ3n) is 2.42. The highest BCUT2D eigenvalue weighted by Crippen LogP contribution is 2.16. The van der Waals surface area contributed by atoms with E-state index in [9.17, 15) is 0 Å². The standard InChI is InChI=1S/C9H20ClNO/c1-4-9(5-2,8-10)11-6-7-12-3/h11H,4-8H2,1-3H3. The van der Waals surface area contributed by atoms with Crippen LogP contribution >= 0.6 is 11.6 Å². The van der Waals surface area contributed by atoms with E-state index < -0.39 is 0 Å². The number of rotatable bonds is 7. The Labute approximate surface area is 80.6 Å². The van der Waals surface area contributed by atoms with Crippen LogP contribution in [0.5, 0.6) is 0 Å². The molecule has 0 aromatic rings. The fourth-order valence-corrected chi connectivity index (χ4v) is 1.63. The summed E-state index contributed by atoms with van der Waals surface area (Å²) < 4.78 is 4.97. The van der Waals surface area contributed by atoms with Gasteiger partial charge in [0, 0.05) is 25.1 Å². The van der Waals surface area contributed by atoms with Crippen molar-refractivity contribution in [2.75, 3.05) is 26.1 Å². The Morgan fingerprint density at radius 1 is 1.33 bits per heavy atom. The molecule has 0 aliphatic rings. The van der Waals surface area contributed by atoms with Crippen molar-refractivity contribution >= 4 is 11.6 Å². The average Bonchev–Trinajstić information content (AvgIpc) is 2.14. The van der Waals surface area contributed by atoms with Gasteiger partial charge in [0.05, 0.1) is 6.61 Å². The Morgan fingerprint density at radius 3 is 2.25 bits per heavy atom. The van der Waals surface area contributed by atoms with Crippen LogP contribution in [0.4, 0.5) is 0 Å². The number of nitrogens with one attached hydrogen (secondary N) is 1. The molecule has 0 heterocycles. The third-order valence-corrected chi connectivity index (χ3v) is 2.93. The van der Waals surface area contributed by atoms with E-state index >= 15 is 0 Å². The van der Waals surface area contributed by atoms with Crippen LogP contribution in [0.3, 0.4) is 0 Å². The second kappa shape index (κ2) is 6.70. The fourth-order valence-electron chi connectivity index (χ4n) is 1.15. The van der Waals surface area contributed by atoms with Crippen LogP contribution < -0.4 is 5.32 Å². The average molecular weight is 194 g/mol. The van der Waals surface area contributed by atoms with Gasteiger partial charge in [0.25, 0.3) is 0 Å². The highest BCUT2D eigenvalue weighted by molar-refractivity contribution is 6.18. The van der Waals surface area contributed by atoms with Crippen LogP contribution in [0, 0.1) is 0 Å². The highest BCUT2D eigenvalue weighted by Gasteiger charge is 2.23. The lowest BCUT2D eigenvalue weighted by molar-refractivity contribution is 0.184. The maximum absolute atomic E-state index is 5.90. The van der Waals surface area contributed by atoms with Crippen molar-refractivity contribution in [3.05, 3.63) is 0 Å². The van der Waals surface area contributed by atoms with Gasteiger partial charge in [-0.3, -0.25) is 0 Å². The summed E-state index contributed by atoms with van der Waals surface area (Å²) in [6, 6.07) is 0. The molecule has 0 atom stereocenters. The minimum Gasteiger partial charge on any atom is -0.383 e. The summed E-state index contributed by atoms with van der Waals surface area (Å²) in [6.45, 7) is 5.95. The Bertz CT molecular complexity index is 96.4. The van der Waals surface area contributed by atoms with Crippen molar-refractivity contribution in [1.82, 2.24) is 5.32 Å². The minimum atomic E-state index is 0.111. The summed E-state index contributed by atoms with van der Waals surface area (Å²) in [6.07, 6.45) is 2.13. The van der Waals surface area contributed by atoms with Gasteiger partial charge in [0.2, 0.25) is 0 Å². The van der Waals surface area contributed by atoms with E-state index in [1.165, 1.54) is 0 Å². The predicted octanol–water partition coefficient (Wildman–Crippen LogP) is 2.02. The second-order valence-corrected chi connectivity index (χ2v) is 3.31. The summed E-state index contributed by atoms with van der Waals surface area (Å²) >= 11 is 5.90. The number of hydrogen-bond donors (Lipinski definition) is 1. The van der Waals surface area contributed by atoms with Crippen molar-refractivity contribution in [1.29, 1.82) is 0 Å². The molecule has 0 saturated carbocycles. The summed E-state index contributed by atoms with van der Waals surface area (Å²) in [4.78, 5) is 0. The zero-order valence-corrected chi connectivity index (χ0v) is 9.08. The minimum absolute atomic E-state index is 0.111. The molecule has 0 aliphatic heterocycles. The lowest BCUT2D eigenvalue weighted by atomic mass is 9.95. The van der Waals surface area contributed by atoms with E-state index in [1.807, 2.05) is 0 Å². The summed E-state index contributed by atoms with van der Waals surface area (Å²) in [7, 11) is 1.71. The first-order valence-electron chi connectivity index (χ1n) is 4.54. The van der Waals surface area contributed by atoms with Gasteiger partial charge in [0.15, 0.2) is 0 Å². The van der Waals surface area contributed by atoms with E-state index in [1.54, 1.807) is 7.11 Å². The van der Waals surface area contributed by atoms with E-state index in [-0.39, 0.29) is 5.54 Å². The number of hydrogen-bond acceptors (Lipinski definition) is 2. The van der Waals surface area contributed by atoms with Crippen LogP contribution in [0.15, 0.2) is 0 Å². The molecule has 74 valence electrons. The molecule has 0 aromatic heterocycles. The number of halogens is 1. The Balaban J connectivity index is 3.76. The van der Waals surface area contributed by atoms with Crippen LogP contribution in [0.1, 0.15) is 26.7 Å². The molecular formula is C9H20ClNO. The van der Waals surface area contributed by atoms with Crippen molar-refractivity contribution in [2.24, 2.45) is 0 Å². The molecule has 0 bridgehead atoms. The van der Waals surface area contributed by atoms with Gasteiger partial charge in [-0.2, -0.15) is 0 Å². The molecule has 0 amide bonds. The monoisotopic (exact) mass is 193 g/mol. The largest absolute Gasteiger partial charge is 0.383 e. The first-order chi connectivity index (χ1) is 5.74. The van der Waals surface area contributed by atoms with Crippen LogP contribution in [-0.2, 0) is 4.74 Å². The molecule has 0 fully saturated rings. The molecule has 12 heavy (non-hydrogen) atoms. The lowest BCUT2D eigenvalue weighted by Gasteiger charge is -2.30. The van der Waals surface area contributed by atoms with Gasteiger partial charge in [-0.25, -0.2) is 0 Å². The van der Waals surface area contributed by atoms with Crippen LogP contribution in [-0.4, -0.2) is 31.7 Å². The molecule has 1 N–H and O–H groups in total. The van der Waals surface area contributed by atoms with Crippen molar-refractivity contribution in [2.45, 2.75) is 32.2 Å². The predicted molar refractivity (Wildman–Crippen MR) is 53.9 cm³/mol. The molecule has 0 saturated heterocycles. The Hall–Kier alpha value is 0.210. The highest BCUT2D eigenvalue weighted by atomic mass is 35.5. The van der Waals surface area contributed by atoms with E-state index in [0.29, 0.717) is 5.88 Å². The third kappa shape index (κ3) is 3.74. The lowest BCUT2D eigenvalue weighted by Crippen LogP contribution is -2.47. The maximum atomic E-state index is 5.90. The van der Waals surface area contributed by atoms with Gasteiger partial charge in [0.1, 0.15) is 0 Å². The summed E-state index contributed by atoms with van der Waals surface area (Å²) in [5.41, 5.74) is 0.111. The van der Waals surface area contributed by atoms with Crippen molar-refractivity contribution < 1.29 is 4.74 Å². The van der Waals surface area contributed by atoms with E-state index in [0.717, 1.165) is 26.0 Å². The summed E-state index contributed by atoms with van der Waals surface area (Å²) in [5, 5.41) is 3.43. The van der Waals surface area contributed by atoms with Crippen LogP contribution in [0.25, 0.3) is 0 Å². The van der Waals surface area contributed by atoms with E-state index in [4.69, 9.17) is 16.3 Å². The fraction of sp³-hybridized carbons (Fsp3) is 1.00. The SMILES string of the molecule is CCC(CC)(CCl)NCCOC. The number of ether oxygens (including phenoxy) is 1. The first kappa shape index (κ1) is 12.2. The van der Waals surface area contributed by atoms with Crippen LogP contribution in [0.2, 0.25) is 0 Å². The molecule has 0 spiro atoms. The van der Waals surface area contributed by atoms with Gasteiger partial charge < -0.3 is 10.1 Å². The zero-order chi connectivity index (χ0) is 9.45. The van der Waals surface area contributed by atoms with Gasteiger partial charge >= 0.3 is 0 Å². The molecule has 0 radical (unpaired) electrons. The van der Waals surface area contributed by atoms with Crippen molar-refractivity contribution in [3.63, 3.8) is 0 Å². The maximum Gasteiger partial charge on any atom is 0.0587 e. The Morgan fingerprint density at radius 2 is 1.92 bits per heavy atom. The normalized spacial score (nSPS) is 12.0. The van der Waals surface area contributed by atoms with Gasteiger partial charge in [-0.15, -0.1) is 11.6 Å².